The summed E-state index contributed by atoms with van der Waals surface area (Å²) in [6, 6.07) is 10.6. The monoisotopic (exact) mass is 234 g/mol. The highest BCUT2D eigenvalue weighted by Crippen LogP contribution is 2.29. The molecule has 0 radical (unpaired) electrons. The zero-order valence-corrected chi connectivity index (χ0v) is 8.81. The molecule has 0 amide bonds. The predicted molar refractivity (Wildman–Crippen MR) is 60.2 cm³/mol. The van der Waals surface area contributed by atoms with Crippen LogP contribution in [0.2, 0.25) is 0 Å². The molecular weight excluding hydrogens is 224 g/mol. The maximum absolute atomic E-state index is 3.65. The van der Waals surface area contributed by atoms with E-state index in [1.54, 1.807) is 0 Å². The van der Waals surface area contributed by atoms with Crippen LogP contribution < -0.4 is 0 Å². The largest absolute Gasteiger partial charge is 0.0835 e. The fraction of sp³-hybridized carbons (Fsp3) is 0.167. The van der Waals surface area contributed by atoms with E-state index in [4.69, 9.17) is 0 Å². The van der Waals surface area contributed by atoms with E-state index in [1.807, 2.05) is 0 Å². The summed E-state index contributed by atoms with van der Waals surface area (Å²) in [5.74, 6) is 0.478. The third-order valence-corrected chi connectivity index (χ3v) is 3.13. The summed E-state index contributed by atoms with van der Waals surface area (Å²) < 4.78 is 0. The van der Waals surface area contributed by atoms with Gasteiger partial charge in [0.05, 0.1) is 0 Å². The summed E-state index contributed by atoms with van der Waals surface area (Å²) >= 11 is 3.65. The first-order chi connectivity index (χ1) is 6.38. The van der Waals surface area contributed by atoms with Crippen LogP contribution >= 0.6 is 15.9 Å². The lowest BCUT2D eigenvalue weighted by molar-refractivity contribution is 0.882. The molecule has 1 aromatic carbocycles. The van der Waals surface area contributed by atoms with Crippen LogP contribution in [0.25, 0.3) is 0 Å². The van der Waals surface area contributed by atoms with E-state index in [0.29, 0.717) is 10.7 Å². The molecule has 66 valence electrons. The summed E-state index contributed by atoms with van der Waals surface area (Å²) in [5, 5.41) is 0. The summed E-state index contributed by atoms with van der Waals surface area (Å²) in [6.07, 6.45) is 8.60. The molecule has 0 fully saturated rings. The minimum Gasteiger partial charge on any atom is -0.0835 e. The topological polar surface area (TPSA) is 0 Å². The highest BCUT2D eigenvalue weighted by atomic mass is 79.9. The maximum Gasteiger partial charge on any atom is 0.0431 e. The molecule has 0 bridgehead atoms. The number of alkyl halides is 1. The lowest BCUT2D eigenvalue weighted by atomic mass is 9.93. The Hall–Kier alpha value is -0.820. The Balaban J connectivity index is 2.27. The predicted octanol–water partition coefficient (Wildman–Crippen LogP) is 3.66. The van der Waals surface area contributed by atoms with Crippen LogP contribution in [-0.2, 0) is 0 Å². The molecule has 2 unspecified atom stereocenters. The molecule has 0 aromatic heterocycles. The Morgan fingerprint density at radius 1 is 0.923 bits per heavy atom. The number of rotatable bonds is 1. The van der Waals surface area contributed by atoms with Gasteiger partial charge >= 0.3 is 0 Å². The zero-order chi connectivity index (χ0) is 9.10. The lowest BCUT2D eigenvalue weighted by Gasteiger charge is -2.18. The van der Waals surface area contributed by atoms with E-state index in [1.165, 1.54) is 5.56 Å². The van der Waals surface area contributed by atoms with Gasteiger partial charge in [0.15, 0.2) is 0 Å². The maximum atomic E-state index is 3.65. The molecule has 0 N–H and O–H groups in total. The van der Waals surface area contributed by atoms with Crippen molar-refractivity contribution in [3.05, 3.63) is 60.2 Å². The van der Waals surface area contributed by atoms with E-state index in [2.05, 4.69) is 70.6 Å². The van der Waals surface area contributed by atoms with Gasteiger partial charge in [-0.15, -0.1) is 0 Å². The Morgan fingerprint density at radius 2 is 1.62 bits per heavy atom. The van der Waals surface area contributed by atoms with E-state index in [9.17, 15) is 0 Å². The van der Waals surface area contributed by atoms with Crippen LogP contribution in [0, 0.1) is 0 Å². The van der Waals surface area contributed by atoms with Crippen molar-refractivity contribution >= 4 is 15.9 Å². The van der Waals surface area contributed by atoms with Crippen LogP contribution in [0.5, 0.6) is 0 Å². The third kappa shape index (κ3) is 1.92. The van der Waals surface area contributed by atoms with Crippen LogP contribution in [0.3, 0.4) is 0 Å². The highest BCUT2D eigenvalue weighted by molar-refractivity contribution is 9.09. The van der Waals surface area contributed by atoms with E-state index < -0.39 is 0 Å². The van der Waals surface area contributed by atoms with Crippen molar-refractivity contribution in [2.45, 2.75) is 10.7 Å². The summed E-state index contributed by atoms with van der Waals surface area (Å²) in [7, 11) is 0. The number of benzene rings is 1. The SMILES string of the molecule is BrC1C=CC=CC1c1ccccc1. The second-order valence-corrected chi connectivity index (χ2v) is 4.21. The van der Waals surface area contributed by atoms with E-state index in [-0.39, 0.29) is 0 Å². The average molecular weight is 235 g/mol. The number of allylic oxidation sites excluding steroid dienone is 4. The van der Waals surface area contributed by atoms with Gasteiger partial charge in [0.1, 0.15) is 0 Å². The summed E-state index contributed by atoms with van der Waals surface area (Å²) in [4.78, 5) is 0.430. The molecule has 13 heavy (non-hydrogen) atoms. The number of hydrogen-bond donors (Lipinski definition) is 0. The van der Waals surface area contributed by atoms with Gasteiger partial charge < -0.3 is 0 Å². The van der Waals surface area contributed by atoms with E-state index >= 15 is 0 Å². The quantitative estimate of drug-likeness (QED) is 0.651. The Morgan fingerprint density at radius 3 is 2.31 bits per heavy atom. The minimum atomic E-state index is 0.430. The fourth-order valence-corrected chi connectivity index (χ4v) is 2.21. The second-order valence-electron chi connectivity index (χ2n) is 3.15. The fourth-order valence-electron chi connectivity index (χ4n) is 1.55. The standard InChI is InChI=1S/C12H11Br/c13-12-9-5-4-8-11(12)10-6-2-1-3-7-10/h1-9,11-12H. The molecule has 2 rings (SSSR count). The third-order valence-electron chi connectivity index (χ3n) is 2.25. The molecule has 0 heterocycles. The zero-order valence-electron chi connectivity index (χ0n) is 7.23. The Labute approximate surface area is 87.1 Å². The van der Waals surface area contributed by atoms with Crippen molar-refractivity contribution in [2.24, 2.45) is 0 Å². The number of halogens is 1. The smallest absolute Gasteiger partial charge is 0.0431 e. The van der Waals surface area contributed by atoms with Gasteiger partial charge in [0.2, 0.25) is 0 Å². The van der Waals surface area contributed by atoms with Gasteiger partial charge in [-0.3, -0.25) is 0 Å². The van der Waals surface area contributed by atoms with Crippen LogP contribution in [0.15, 0.2) is 54.6 Å². The van der Waals surface area contributed by atoms with Gasteiger partial charge in [0.25, 0.3) is 0 Å². The Bertz CT molecular complexity index is 324. The van der Waals surface area contributed by atoms with Gasteiger partial charge in [-0.05, 0) is 5.56 Å². The first-order valence-electron chi connectivity index (χ1n) is 4.42. The van der Waals surface area contributed by atoms with Crippen LogP contribution in [0.4, 0.5) is 0 Å². The van der Waals surface area contributed by atoms with Crippen molar-refractivity contribution in [2.75, 3.05) is 0 Å². The normalized spacial score (nSPS) is 26.2. The first kappa shape index (κ1) is 8.76. The van der Waals surface area contributed by atoms with Crippen molar-refractivity contribution < 1.29 is 0 Å². The molecule has 1 heteroatoms. The molecule has 0 aliphatic heterocycles. The van der Waals surface area contributed by atoms with E-state index in [0.717, 1.165) is 0 Å². The molecule has 1 aromatic rings. The van der Waals surface area contributed by atoms with Gasteiger partial charge in [0, 0.05) is 10.7 Å². The molecule has 0 nitrogen and oxygen atoms in total. The molecular formula is C12H11Br. The second kappa shape index (κ2) is 3.93. The number of hydrogen-bond acceptors (Lipinski definition) is 0. The van der Waals surface area contributed by atoms with Crippen molar-refractivity contribution in [1.29, 1.82) is 0 Å². The first-order valence-corrected chi connectivity index (χ1v) is 5.33. The van der Waals surface area contributed by atoms with Crippen molar-refractivity contribution in [1.82, 2.24) is 0 Å². The molecule has 0 saturated carbocycles. The van der Waals surface area contributed by atoms with Crippen molar-refractivity contribution in [3.8, 4) is 0 Å². The highest BCUT2D eigenvalue weighted by Gasteiger charge is 2.16. The molecule has 0 spiro atoms. The molecule has 2 atom stereocenters. The summed E-state index contributed by atoms with van der Waals surface area (Å²) in [5.41, 5.74) is 1.37. The molecule has 0 saturated heterocycles. The summed E-state index contributed by atoms with van der Waals surface area (Å²) in [6.45, 7) is 0. The van der Waals surface area contributed by atoms with Crippen LogP contribution in [0.1, 0.15) is 11.5 Å². The average Bonchev–Trinajstić information content (AvgIpc) is 2.20. The van der Waals surface area contributed by atoms with Gasteiger partial charge in [-0.2, -0.15) is 0 Å². The van der Waals surface area contributed by atoms with Crippen molar-refractivity contribution in [3.63, 3.8) is 0 Å². The molecule has 1 aliphatic rings. The minimum absolute atomic E-state index is 0.430. The van der Waals surface area contributed by atoms with Gasteiger partial charge in [-0.1, -0.05) is 70.6 Å². The Kier molecular flexibility index (Phi) is 2.65. The van der Waals surface area contributed by atoms with Crippen LogP contribution in [-0.4, -0.2) is 4.83 Å². The molecule has 1 aliphatic carbocycles. The lowest BCUT2D eigenvalue weighted by Crippen LogP contribution is -2.09. The van der Waals surface area contributed by atoms with Gasteiger partial charge in [-0.25, -0.2) is 0 Å².